The number of carbonyl (C=O) groups excluding carboxylic acids is 1. The first-order chi connectivity index (χ1) is 12.5. The van der Waals surface area contributed by atoms with Gasteiger partial charge in [0, 0.05) is 11.4 Å². The normalized spacial score (nSPS) is 12.1. The number of hydrogen-bond donors (Lipinski definition) is 1. The van der Waals surface area contributed by atoms with Crippen molar-refractivity contribution in [2.45, 2.75) is 19.5 Å². The maximum absolute atomic E-state index is 13.2. The largest absolute Gasteiger partial charge is 0.332 e. The van der Waals surface area contributed by atoms with Gasteiger partial charge in [0.1, 0.15) is 6.04 Å². The lowest BCUT2D eigenvalue weighted by Gasteiger charge is -2.25. The maximum Gasteiger partial charge on any atom is 0.246 e. The summed E-state index contributed by atoms with van der Waals surface area (Å²) in [5.41, 5.74) is 0. The predicted molar refractivity (Wildman–Crippen MR) is 110 cm³/mol. The Morgan fingerprint density at radius 2 is 2.35 bits per heavy atom. The van der Waals surface area contributed by atoms with Crippen LogP contribution in [0.2, 0.25) is 4.34 Å². The Morgan fingerprint density at radius 3 is 2.96 bits per heavy atom. The summed E-state index contributed by atoms with van der Waals surface area (Å²) in [6.45, 7) is 6.52. The van der Waals surface area contributed by atoms with E-state index in [0.717, 1.165) is 9.75 Å². The Bertz CT molecular complexity index is 957. The maximum atomic E-state index is 13.2. The van der Waals surface area contributed by atoms with Crippen LogP contribution in [0.5, 0.6) is 0 Å². The van der Waals surface area contributed by atoms with E-state index in [2.05, 4.69) is 16.8 Å². The van der Waals surface area contributed by atoms with Crippen molar-refractivity contribution in [3.05, 3.63) is 56.3 Å². The lowest BCUT2D eigenvalue weighted by Crippen LogP contribution is -2.36. The molecule has 26 heavy (non-hydrogen) atoms. The molecule has 0 radical (unpaired) electrons. The molecule has 1 amide bonds. The van der Waals surface area contributed by atoms with Gasteiger partial charge in [-0.05, 0) is 42.7 Å². The van der Waals surface area contributed by atoms with Crippen molar-refractivity contribution in [2.24, 2.45) is 0 Å². The highest BCUT2D eigenvalue weighted by Crippen LogP contribution is 2.27. The molecule has 0 bridgehead atoms. The molecule has 0 unspecified atom stereocenters. The zero-order valence-corrected chi connectivity index (χ0v) is 17.2. The van der Waals surface area contributed by atoms with E-state index >= 15 is 0 Å². The number of aromatic nitrogens is 3. The zero-order valence-electron chi connectivity index (χ0n) is 14.0. The first kappa shape index (κ1) is 19.0. The van der Waals surface area contributed by atoms with Gasteiger partial charge in [-0.15, -0.1) is 29.3 Å². The first-order valence-corrected chi connectivity index (χ1v) is 10.3. The predicted octanol–water partition coefficient (Wildman–Crippen LogP) is 5.16. The van der Waals surface area contributed by atoms with E-state index in [1.807, 2.05) is 36.6 Å². The molecular weight excluding hydrogens is 408 g/mol. The van der Waals surface area contributed by atoms with Crippen LogP contribution in [0.25, 0.3) is 10.7 Å². The Balaban J connectivity index is 1.89. The van der Waals surface area contributed by atoms with Crippen LogP contribution in [0.15, 0.2) is 42.3 Å². The number of nitrogens with zero attached hydrogens (tertiary/aromatic N) is 3. The molecule has 3 rings (SSSR count). The number of amides is 1. The third-order valence-corrected chi connectivity index (χ3v) is 6.20. The number of aromatic amines is 1. The summed E-state index contributed by atoms with van der Waals surface area (Å²) < 4.78 is 2.89. The van der Waals surface area contributed by atoms with Crippen LogP contribution in [-0.2, 0) is 11.3 Å². The minimum absolute atomic E-state index is 0.0512. The molecule has 0 saturated heterocycles. The van der Waals surface area contributed by atoms with E-state index in [1.54, 1.807) is 26.9 Å². The minimum atomic E-state index is -0.492. The third kappa shape index (κ3) is 3.98. The summed E-state index contributed by atoms with van der Waals surface area (Å²) in [6.07, 6.45) is 1.72. The smallest absolute Gasteiger partial charge is 0.246 e. The second-order valence-corrected chi connectivity index (χ2v) is 8.72. The fourth-order valence-electron chi connectivity index (χ4n) is 2.63. The Labute approximate surface area is 169 Å². The van der Waals surface area contributed by atoms with Crippen molar-refractivity contribution < 1.29 is 4.79 Å². The van der Waals surface area contributed by atoms with Crippen LogP contribution in [0.1, 0.15) is 17.8 Å². The molecule has 0 fully saturated rings. The molecule has 0 aromatic carbocycles. The van der Waals surface area contributed by atoms with Crippen LogP contribution in [0.3, 0.4) is 0 Å². The fraction of sp³-hybridized carbons (Fsp3) is 0.235. The molecule has 5 nitrogen and oxygen atoms in total. The van der Waals surface area contributed by atoms with E-state index in [0.29, 0.717) is 28.0 Å². The molecule has 3 heterocycles. The van der Waals surface area contributed by atoms with Gasteiger partial charge < -0.3 is 4.90 Å². The van der Waals surface area contributed by atoms with Crippen molar-refractivity contribution in [3.8, 4) is 10.7 Å². The molecule has 0 saturated carbocycles. The van der Waals surface area contributed by atoms with Crippen molar-refractivity contribution in [3.63, 3.8) is 0 Å². The summed E-state index contributed by atoms with van der Waals surface area (Å²) in [5, 5.41) is 9.07. The van der Waals surface area contributed by atoms with Gasteiger partial charge in [-0.25, -0.2) is 0 Å². The summed E-state index contributed by atoms with van der Waals surface area (Å²) in [6, 6.07) is 7.18. The average Bonchev–Trinajstić information content (AvgIpc) is 3.34. The van der Waals surface area contributed by atoms with Crippen molar-refractivity contribution in [1.82, 2.24) is 19.7 Å². The van der Waals surface area contributed by atoms with E-state index < -0.39 is 6.04 Å². The number of carbonyl (C=O) groups is 1. The van der Waals surface area contributed by atoms with Crippen molar-refractivity contribution >= 4 is 52.4 Å². The molecular formula is C17H17ClN4OS3. The van der Waals surface area contributed by atoms with Crippen molar-refractivity contribution in [1.29, 1.82) is 0 Å². The number of H-pyrrole nitrogens is 1. The number of hydrogen-bond acceptors (Lipinski definition) is 5. The molecule has 3 aromatic rings. The first-order valence-electron chi connectivity index (χ1n) is 7.86. The number of nitrogens with one attached hydrogen (secondary N) is 1. The van der Waals surface area contributed by atoms with Gasteiger partial charge in [0.15, 0.2) is 10.6 Å². The van der Waals surface area contributed by atoms with Crippen LogP contribution in [-0.4, -0.2) is 32.1 Å². The molecule has 9 heteroatoms. The van der Waals surface area contributed by atoms with Gasteiger partial charge in [-0.3, -0.25) is 14.5 Å². The molecule has 136 valence electrons. The third-order valence-electron chi connectivity index (χ3n) is 3.83. The molecule has 3 aromatic heterocycles. The molecule has 1 atom stereocenters. The number of halogens is 1. The Kier molecular flexibility index (Phi) is 6.08. The summed E-state index contributed by atoms with van der Waals surface area (Å²) in [5.74, 6) is 0.619. The molecule has 1 N–H and O–H groups in total. The second-order valence-electron chi connectivity index (χ2n) is 5.59. The lowest BCUT2D eigenvalue weighted by molar-refractivity contribution is -0.134. The van der Waals surface area contributed by atoms with Crippen LogP contribution < -0.4 is 0 Å². The lowest BCUT2D eigenvalue weighted by atomic mass is 10.2. The molecule has 0 spiro atoms. The topological polar surface area (TPSA) is 53.9 Å². The summed E-state index contributed by atoms with van der Waals surface area (Å²) >= 11 is 14.4. The Hall–Kier alpha value is -1.74. The fourth-order valence-corrected chi connectivity index (χ4v) is 4.74. The summed E-state index contributed by atoms with van der Waals surface area (Å²) in [7, 11) is 0. The van der Waals surface area contributed by atoms with E-state index in [9.17, 15) is 4.79 Å². The van der Waals surface area contributed by atoms with Gasteiger partial charge in [-0.1, -0.05) is 23.7 Å². The highest BCUT2D eigenvalue weighted by molar-refractivity contribution is 7.71. The van der Waals surface area contributed by atoms with Gasteiger partial charge in [0.2, 0.25) is 5.91 Å². The van der Waals surface area contributed by atoms with E-state index in [4.69, 9.17) is 23.8 Å². The van der Waals surface area contributed by atoms with Crippen LogP contribution in [0, 0.1) is 4.77 Å². The summed E-state index contributed by atoms with van der Waals surface area (Å²) in [4.78, 5) is 16.9. The van der Waals surface area contributed by atoms with E-state index in [-0.39, 0.29) is 5.91 Å². The van der Waals surface area contributed by atoms with Gasteiger partial charge >= 0.3 is 0 Å². The quantitative estimate of drug-likeness (QED) is 0.421. The second kappa shape index (κ2) is 8.30. The van der Waals surface area contributed by atoms with Crippen molar-refractivity contribution in [2.75, 3.05) is 6.54 Å². The highest BCUT2D eigenvalue weighted by Gasteiger charge is 2.25. The van der Waals surface area contributed by atoms with Gasteiger partial charge in [0.25, 0.3) is 0 Å². The van der Waals surface area contributed by atoms with Crippen LogP contribution in [0.4, 0.5) is 0 Å². The molecule has 0 aliphatic carbocycles. The monoisotopic (exact) mass is 424 g/mol. The zero-order chi connectivity index (χ0) is 18.7. The standard InChI is InChI=1S/C17H17ClN4OS3/c1-3-8-21(10-12-6-7-14(18)26-12)16(23)11(2)22-15(19-20-17(22)24)13-5-4-9-25-13/h3-7,9,11H,1,8,10H2,2H3,(H,20,24)/t11-/m1/s1. The van der Waals surface area contributed by atoms with E-state index in [1.165, 1.54) is 11.3 Å². The average molecular weight is 425 g/mol. The van der Waals surface area contributed by atoms with Gasteiger partial charge in [0.05, 0.1) is 15.8 Å². The SMILES string of the molecule is C=CCN(Cc1ccc(Cl)s1)C(=O)[C@@H](C)n1c(-c2cccs2)n[nH]c1=S. The number of rotatable bonds is 7. The molecule has 0 aliphatic rings. The highest BCUT2D eigenvalue weighted by atomic mass is 35.5. The minimum Gasteiger partial charge on any atom is -0.332 e. The molecule has 0 aliphatic heterocycles. The Morgan fingerprint density at radius 1 is 1.54 bits per heavy atom. The number of thiophene rings is 2. The van der Waals surface area contributed by atoms with Gasteiger partial charge in [-0.2, -0.15) is 5.10 Å². The van der Waals surface area contributed by atoms with Crippen LogP contribution >= 0.6 is 46.5 Å².